The van der Waals surface area contributed by atoms with Crippen molar-refractivity contribution in [3.05, 3.63) is 64.3 Å². The molecule has 0 aliphatic carbocycles. The molecule has 0 bridgehead atoms. The first kappa shape index (κ1) is 18.1. The van der Waals surface area contributed by atoms with Crippen LogP contribution in [0.1, 0.15) is 23.7 Å². The van der Waals surface area contributed by atoms with Crippen molar-refractivity contribution < 1.29 is 4.74 Å². The molecule has 0 N–H and O–H groups in total. The van der Waals surface area contributed by atoms with E-state index in [4.69, 9.17) is 16.3 Å². The van der Waals surface area contributed by atoms with Gasteiger partial charge in [0.25, 0.3) is 0 Å². The monoisotopic (exact) mass is 380 g/mol. The molecule has 0 atom stereocenters. The highest BCUT2D eigenvalue weighted by Crippen LogP contribution is 2.32. The minimum absolute atomic E-state index is 0.802. The fourth-order valence-electron chi connectivity index (χ4n) is 3.94. The number of methoxy groups -OCH3 is 1. The standard InChI is InChI=1S/C23H25ClN2O/c1-16(17-4-7-19(27-3)8-5-17)15-26-22-9-6-18(24)14-21(22)20-10-12-25(2)13-11-23(20)26/h4-9,14-15H,10-13H2,1-3H3/b16-15+. The van der Waals surface area contributed by atoms with Gasteiger partial charge in [0.2, 0.25) is 0 Å². The van der Waals surface area contributed by atoms with Crippen LogP contribution in [-0.4, -0.2) is 36.7 Å². The number of halogens is 1. The third-order valence-electron chi connectivity index (χ3n) is 5.52. The van der Waals surface area contributed by atoms with Crippen LogP contribution in [0.25, 0.3) is 22.7 Å². The molecule has 2 aromatic carbocycles. The van der Waals surface area contributed by atoms with E-state index < -0.39 is 0 Å². The van der Waals surface area contributed by atoms with Crippen LogP contribution in [0.5, 0.6) is 5.75 Å². The Morgan fingerprint density at radius 2 is 1.81 bits per heavy atom. The summed E-state index contributed by atoms with van der Waals surface area (Å²) < 4.78 is 7.65. The fourth-order valence-corrected chi connectivity index (χ4v) is 4.11. The lowest BCUT2D eigenvalue weighted by Crippen LogP contribution is -2.21. The zero-order chi connectivity index (χ0) is 19.0. The minimum atomic E-state index is 0.802. The zero-order valence-corrected chi connectivity index (χ0v) is 16.9. The number of rotatable bonds is 3. The largest absolute Gasteiger partial charge is 0.497 e. The Bertz CT molecular complexity index is 1000. The second kappa shape index (κ2) is 7.41. The van der Waals surface area contributed by atoms with Gasteiger partial charge in [-0.1, -0.05) is 23.7 Å². The van der Waals surface area contributed by atoms with Crippen LogP contribution in [0.3, 0.4) is 0 Å². The summed E-state index contributed by atoms with van der Waals surface area (Å²) in [5.41, 5.74) is 6.51. The van der Waals surface area contributed by atoms with Gasteiger partial charge in [0.05, 0.1) is 12.6 Å². The second-order valence-electron chi connectivity index (χ2n) is 7.30. The Balaban J connectivity index is 1.85. The summed E-state index contributed by atoms with van der Waals surface area (Å²) in [7, 11) is 3.89. The van der Waals surface area contributed by atoms with Gasteiger partial charge < -0.3 is 14.2 Å². The van der Waals surface area contributed by atoms with Crippen LogP contribution in [0.15, 0.2) is 42.5 Å². The summed E-state index contributed by atoms with van der Waals surface area (Å²) in [6, 6.07) is 14.5. The topological polar surface area (TPSA) is 17.4 Å². The van der Waals surface area contributed by atoms with Crippen molar-refractivity contribution in [2.45, 2.75) is 19.8 Å². The van der Waals surface area contributed by atoms with E-state index in [9.17, 15) is 0 Å². The quantitative estimate of drug-likeness (QED) is 0.609. The van der Waals surface area contributed by atoms with E-state index in [1.165, 1.54) is 33.3 Å². The highest BCUT2D eigenvalue weighted by Gasteiger charge is 2.20. The van der Waals surface area contributed by atoms with Crippen LogP contribution in [0.2, 0.25) is 5.02 Å². The summed E-state index contributed by atoms with van der Waals surface area (Å²) in [6.07, 6.45) is 4.37. The van der Waals surface area contributed by atoms with Crippen molar-refractivity contribution in [3.8, 4) is 5.75 Å². The Kier molecular flexibility index (Phi) is 4.98. The third kappa shape index (κ3) is 3.50. The van der Waals surface area contributed by atoms with E-state index in [2.05, 4.69) is 53.9 Å². The van der Waals surface area contributed by atoms with E-state index in [1.807, 2.05) is 18.2 Å². The Morgan fingerprint density at radius 1 is 1.07 bits per heavy atom. The predicted molar refractivity (Wildman–Crippen MR) is 115 cm³/mol. The Labute approximate surface area is 165 Å². The van der Waals surface area contributed by atoms with E-state index in [1.54, 1.807) is 7.11 Å². The zero-order valence-electron chi connectivity index (χ0n) is 16.1. The molecule has 0 fully saturated rings. The summed E-state index contributed by atoms with van der Waals surface area (Å²) >= 11 is 6.32. The van der Waals surface area contributed by atoms with Crippen molar-refractivity contribution in [1.82, 2.24) is 9.47 Å². The van der Waals surface area contributed by atoms with Gasteiger partial charge in [0.15, 0.2) is 0 Å². The minimum Gasteiger partial charge on any atom is -0.497 e. The lowest BCUT2D eigenvalue weighted by atomic mass is 10.1. The molecule has 140 valence electrons. The van der Waals surface area contributed by atoms with Gasteiger partial charge in [-0.15, -0.1) is 0 Å². The molecule has 1 aliphatic rings. The first-order valence-corrected chi connectivity index (χ1v) is 9.77. The molecule has 4 heteroatoms. The molecule has 2 heterocycles. The number of benzene rings is 2. The number of allylic oxidation sites excluding steroid dienone is 1. The first-order chi connectivity index (χ1) is 13.1. The van der Waals surface area contributed by atoms with Gasteiger partial charge in [-0.05, 0) is 67.4 Å². The Hall–Kier alpha value is -2.23. The number of likely N-dealkylation sites (N-methyl/N-ethyl adjacent to an activating group) is 1. The first-order valence-electron chi connectivity index (χ1n) is 9.39. The molecule has 0 saturated heterocycles. The number of hydrogen-bond donors (Lipinski definition) is 0. The van der Waals surface area contributed by atoms with Gasteiger partial charge in [0.1, 0.15) is 5.75 Å². The smallest absolute Gasteiger partial charge is 0.118 e. The molecule has 0 radical (unpaired) electrons. The maximum atomic E-state index is 6.32. The van der Waals surface area contributed by atoms with E-state index in [-0.39, 0.29) is 0 Å². The molecule has 0 unspecified atom stereocenters. The number of nitrogens with zero attached hydrogens (tertiary/aromatic N) is 2. The SMILES string of the molecule is COc1ccc(/C(C)=C/n2c3c(c4cc(Cl)ccc42)CCN(C)CC3)cc1. The van der Waals surface area contributed by atoms with Crippen LogP contribution in [0, 0.1) is 0 Å². The van der Waals surface area contributed by atoms with E-state index in [0.717, 1.165) is 36.7 Å². The number of aromatic nitrogens is 1. The van der Waals surface area contributed by atoms with Crippen LogP contribution >= 0.6 is 11.6 Å². The average molecular weight is 381 g/mol. The summed E-state index contributed by atoms with van der Waals surface area (Å²) in [5.74, 6) is 0.879. The maximum Gasteiger partial charge on any atom is 0.118 e. The van der Waals surface area contributed by atoms with Gasteiger partial charge in [-0.2, -0.15) is 0 Å². The molecule has 4 rings (SSSR count). The van der Waals surface area contributed by atoms with Crippen LogP contribution in [-0.2, 0) is 12.8 Å². The molecule has 27 heavy (non-hydrogen) atoms. The normalized spacial score (nSPS) is 15.6. The summed E-state index contributed by atoms with van der Waals surface area (Å²) in [4.78, 5) is 2.40. The van der Waals surface area contributed by atoms with Crippen molar-refractivity contribution in [2.75, 3.05) is 27.2 Å². The number of ether oxygens (including phenoxy) is 1. The molecule has 3 aromatic rings. The van der Waals surface area contributed by atoms with Gasteiger partial charge in [-0.3, -0.25) is 0 Å². The second-order valence-corrected chi connectivity index (χ2v) is 7.74. The highest BCUT2D eigenvalue weighted by atomic mass is 35.5. The molecule has 1 aliphatic heterocycles. The average Bonchev–Trinajstić information content (AvgIpc) is 2.82. The maximum absolute atomic E-state index is 6.32. The van der Waals surface area contributed by atoms with E-state index in [0.29, 0.717) is 0 Å². The van der Waals surface area contributed by atoms with Crippen molar-refractivity contribution in [2.24, 2.45) is 0 Å². The van der Waals surface area contributed by atoms with Crippen molar-refractivity contribution in [1.29, 1.82) is 0 Å². The molecular weight excluding hydrogens is 356 g/mol. The molecule has 0 saturated carbocycles. The molecule has 0 amide bonds. The van der Waals surface area contributed by atoms with E-state index >= 15 is 0 Å². The predicted octanol–water partition coefficient (Wildman–Crippen LogP) is 5.35. The lowest BCUT2D eigenvalue weighted by Gasteiger charge is -2.13. The lowest BCUT2D eigenvalue weighted by molar-refractivity contribution is 0.351. The Morgan fingerprint density at radius 3 is 2.56 bits per heavy atom. The van der Waals surface area contributed by atoms with Crippen LogP contribution in [0.4, 0.5) is 0 Å². The van der Waals surface area contributed by atoms with Crippen LogP contribution < -0.4 is 4.74 Å². The fraction of sp³-hybridized carbons (Fsp3) is 0.304. The van der Waals surface area contributed by atoms with Crippen molar-refractivity contribution >= 4 is 34.3 Å². The summed E-state index contributed by atoms with van der Waals surface area (Å²) in [6.45, 7) is 4.32. The highest BCUT2D eigenvalue weighted by molar-refractivity contribution is 6.31. The van der Waals surface area contributed by atoms with Gasteiger partial charge in [0, 0.05) is 41.8 Å². The molecular formula is C23H25ClN2O. The third-order valence-corrected chi connectivity index (χ3v) is 5.76. The molecule has 1 aromatic heterocycles. The van der Waals surface area contributed by atoms with Gasteiger partial charge >= 0.3 is 0 Å². The molecule has 3 nitrogen and oxygen atoms in total. The molecule has 0 spiro atoms. The van der Waals surface area contributed by atoms with Crippen molar-refractivity contribution in [3.63, 3.8) is 0 Å². The van der Waals surface area contributed by atoms with Gasteiger partial charge in [-0.25, -0.2) is 0 Å². The number of hydrogen-bond acceptors (Lipinski definition) is 2. The number of fused-ring (bicyclic) bond motifs is 3. The summed E-state index contributed by atoms with van der Waals surface area (Å²) in [5, 5.41) is 2.09.